The standard InChI is InChI=1S/2CHN3P.2ClH.Zr/c2*1-2-3-4-5-1;;;/h2*5H;2*1H;/q2*-1;;;+4/p-2. The van der Waals surface area contributed by atoms with Gasteiger partial charge in [0, 0.05) is 0 Å². The summed E-state index contributed by atoms with van der Waals surface area (Å²) in [4.78, 5) is 6.92. The van der Waals surface area contributed by atoms with E-state index in [0.717, 1.165) is 0 Å². The second-order valence-electron chi connectivity index (χ2n) is 1.10. The van der Waals surface area contributed by atoms with Crippen LogP contribution in [0.4, 0.5) is 0 Å². The van der Waals surface area contributed by atoms with Crippen LogP contribution in [0.3, 0.4) is 0 Å². The van der Waals surface area contributed by atoms with Gasteiger partial charge in [-0.05, 0) is 0 Å². The van der Waals surface area contributed by atoms with Crippen LogP contribution in [0, 0.1) is 11.9 Å². The zero-order valence-electron chi connectivity index (χ0n) is 5.94. The normalized spacial score (nSPS) is 8.15. The van der Waals surface area contributed by atoms with Crippen LogP contribution in [-0.2, 0) is 20.8 Å². The van der Waals surface area contributed by atoms with Gasteiger partial charge in [0.2, 0.25) is 0 Å². The summed E-state index contributed by atoms with van der Waals surface area (Å²) in [5, 5.41) is 13.1. The molecule has 2 aromatic heterocycles. The van der Waals surface area contributed by atoms with Crippen molar-refractivity contribution in [1.82, 2.24) is 30.3 Å². The smallest absolute Gasteiger partial charge is 0.0823 e. The summed E-state index contributed by atoms with van der Waals surface area (Å²) in [6, 6.07) is 0. The van der Waals surface area contributed by atoms with Crippen molar-refractivity contribution < 1.29 is 20.8 Å². The van der Waals surface area contributed by atoms with Crippen molar-refractivity contribution in [1.29, 1.82) is 0 Å². The van der Waals surface area contributed by atoms with Gasteiger partial charge in [-0.15, -0.1) is 0 Å². The molecule has 2 heterocycles. The van der Waals surface area contributed by atoms with Crippen LogP contribution in [0.1, 0.15) is 0 Å². The van der Waals surface area contributed by atoms with E-state index in [2.05, 4.69) is 42.2 Å². The van der Waals surface area contributed by atoms with Crippen LogP contribution < -0.4 is 0 Å². The van der Waals surface area contributed by atoms with Gasteiger partial charge in [-0.3, -0.25) is 11.9 Å². The molecule has 2 rings (SSSR count). The molecule has 0 radical (unpaired) electrons. The zero-order chi connectivity index (χ0) is 9.78. The fourth-order valence-electron chi connectivity index (χ4n) is 0.224. The molecule has 0 N–H and O–H groups in total. The van der Waals surface area contributed by atoms with Gasteiger partial charge in [-0.2, -0.15) is 26.4 Å². The van der Waals surface area contributed by atoms with Gasteiger partial charge in [0.05, 0.1) is 0 Å². The Kier molecular flexibility index (Phi) is 13.2. The van der Waals surface area contributed by atoms with Crippen molar-refractivity contribution in [2.75, 3.05) is 0 Å². The average Bonchev–Trinajstić information content (AvgIpc) is 2.85. The van der Waals surface area contributed by atoms with Crippen LogP contribution in [-0.4, -0.2) is 30.3 Å². The molecule has 0 saturated heterocycles. The van der Waals surface area contributed by atoms with E-state index >= 15 is 0 Å². The summed E-state index contributed by atoms with van der Waals surface area (Å²) in [6.45, 7) is 0. The average molecular weight is 334 g/mol. The molecular formula is C2H2Cl2N6P2Zr. The van der Waals surface area contributed by atoms with Gasteiger partial charge in [0.1, 0.15) is 0 Å². The summed E-state index contributed by atoms with van der Waals surface area (Å²) in [5.74, 6) is 5.08. The number of aromatic nitrogens is 6. The SMILES string of the molecule is [Cl][Zr+2][Cl].[c-]1nnn[pH]1.[c-]1nnn[pH]1. The first kappa shape index (κ1) is 13.6. The molecule has 0 bridgehead atoms. The Morgan fingerprint density at radius 3 is 1.38 bits per heavy atom. The van der Waals surface area contributed by atoms with Crippen LogP contribution >= 0.6 is 33.7 Å². The third-order valence-electron chi connectivity index (χ3n) is 0.479. The van der Waals surface area contributed by atoms with Gasteiger partial charge in [0.25, 0.3) is 0 Å². The molecule has 0 saturated carbocycles. The minimum absolute atomic E-state index is 0.350. The van der Waals surface area contributed by atoms with Crippen LogP contribution in [0.15, 0.2) is 0 Å². The van der Waals surface area contributed by atoms with Crippen LogP contribution in [0.2, 0.25) is 0 Å². The fraction of sp³-hybridized carbons (Fsp3) is 0. The van der Waals surface area contributed by atoms with Crippen molar-refractivity contribution in [2.45, 2.75) is 0 Å². The zero-order valence-corrected chi connectivity index (χ0v) is 11.9. The van der Waals surface area contributed by atoms with E-state index in [9.17, 15) is 0 Å². The largest absolute Gasteiger partial charge is 0.345 e. The van der Waals surface area contributed by atoms with Crippen LogP contribution in [0.5, 0.6) is 0 Å². The van der Waals surface area contributed by atoms with E-state index < -0.39 is 20.8 Å². The number of halogens is 2. The van der Waals surface area contributed by atoms with Crippen molar-refractivity contribution in [3.05, 3.63) is 11.9 Å². The van der Waals surface area contributed by atoms with Crippen molar-refractivity contribution in [2.24, 2.45) is 0 Å². The van der Waals surface area contributed by atoms with E-state index in [4.69, 9.17) is 17.0 Å². The summed E-state index contributed by atoms with van der Waals surface area (Å²) in [6.07, 6.45) is 0. The molecule has 0 fully saturated rings. The Labute approximate surface area is 96.2 Å². The molecule has 0 spiro atoms. The third-order valence-corrected chi connectivity index (χ3v) is 1.26. The quantitative estimate of drug-likeness (QED) is 0.663. The molecular weight excluding hydrogens is 332 g/mol. The Hall–Kier alpha value is 0.603. The van der Waals surface area contributed by atoms with Crippen molar-refractivity contribution >= 4 is 33.7 Å². The van der Waals surface area contributed by atoms with E-state index in [0.29, 0.717) is 16.7 Å². The van der Waals surface area contributed by atoms with Crippen molar-refractivity contribution in [3.8, 4) is 0 Å². The predicted molar refractivity (Wildman–Crippen MR) is 48.0 cm³/mol. The molecule has 13 heavy (non-hydrogen) atoms. The summed E-state index contributed by atoms with van der Waals surface area (Å²) in [5.41, 5.74) is 0. The van der Waals surface area contributed by atoms with Crippen molar-refractivity contribution in [3.63, 3.8) is 0 Å². The third kappa shape index (κ3) is 12.6. The van der Waals surface area contributed by atoms with E-state index in [1.807, 2.05) is 0 Å². The molecule has 0 aliphatic rings. The van der Waals surface area contributed by atoms with Crippen LogP contribution in [0.25, 0.3) is 0 Å². The Bertz CT molecular complexity index is 178. The number of hydrogen-bond acceptors (Lipinski definition) is 6. The molecule has 6 nitrogen and oxygen atoms in total. The first-order valence-electron chi connectivity index (χ1n) is 2.57. The molecule has 68 valence electrons. The predicted octanol–water partition coefficient (Wildman–Crippen LogP) is 0.783. The summed E-state index contributed by atoms with van der Waals surface area (Å²) >= 11 is -0.826. The molecule has 0 aliphatic carbocycles. The van der Waals surface area contributed by atoms with Gasteiger partial charge in [-0.1, -0.05) is 10.4 Å². The maximum atomic E-state index is 4.93. The van der Waals surface area contributed by atoms with Gasteiger partial charge >= 0.3 is 37.9 Å². The number of hydrogen-bond donors (Lipinski definition) is 0. The van der Waals surface area contributed by atoms with E-state index in [-0.39, 0.29) is 0 Å². The first-order chi connectivity index (χ1) is 6.41. The molecule has 11 heteroatoms. The van der Waals surface area contributed by atoms with Gasteiger partial charge in [-0.25, -0.2) is 0 Å². The molecule has 2 unspecified atom stereocenters. The first-order valence-corrected chi connectivity index (χ1v) is 10.8. The monoisotopic (exact) mass is 332 g/mol. The number of nitrogens with zero attached hydrogens (tertiary/aromatic N) is 6. The second-order valence-corrected chi connectivity index (χ2v) is 6.12. The molecule has 0 aromatic carbocycles. The fourth-order valence-corrected chi connectivity index (χ4v) is 0.671. The topological polar surface area (TPSA) is 77.3 Å². The Balaban J connectivity index is 0.000000174. The van der Waals surface area contributed by atoms with Gasteiger partial charge < -0.3 is 10.2 Å². The Morgan fingerprint density at radius 1 is 0.923 bits per heavy atom. The van der Waals surface area contributed by atoms with E-state index in [1.165, 1.54) is 0 Å². The molecule has 2 aromatic rings. The molecule has 0 amide bonds. The summed E-state index contributed by atoms with van der Waals surface area (Å²) in [7, 11) is 10.6. The second kappa shape index (κ2) is 12.6. The summed E-state index contributed by atoms with van der Waals surface area (Å²) < 4.78 is 0. The minimum atomic E-state index is -0.826. The minimum Gasteiger partial charge on any atom is -0.345 e. The van der Waals surface area contributed by atoms with E-state index in [1.54, 1.807) is 0 Å². The maximum absolute atomic E-state index is 4.93. The molecule has 2 atom stereocenters. The molecule has 0 aliphatic heterocycles. The number of rotatable bonds is 0. The maximum Gasteiger partial charge on any atom is -0.0823 e. The van der Waals surface area contributed by atoms with Gasteiger partial charge in [0.15, 0.2) is 0 Å². The Morgan fingerprint density at radius 2 is 1.31 bits per heavy atom.